The van der Waals surface area contributed by atoms with Crippen LogP contribution in [-0.2, 0) is 0 Å². The number of nitrogens with zero attached hydrogens (tertiary/aromatic N) is 3. The minimum absolute atomic E-state index is 0.0340. The molecule has 2 saturated heterocycles. The first-order valence-electron chi connectivity index (χ1n) is 11.3. The number of methoxy groups -OCH3 is 2. The summed E-state index contributed by atoms with van der Waals surface area (Å²) in [5, 5.41) is 4.18. The van der Waals surface area contributed by atoms with Crippen molar-refractivity contribution in [1.82, 2.24) is 14.8 Å². The number of benzene rings is 1. The van der Waals surface area contributed by atoms with Gasteiger partial charge in [0.2, 0.25) is 11.8 Å². The molecule has 1 aromatic heterocycles. The van der Waals surface area contributed by atoms with Crippen LogP contribution in [0.1, 0.15) is 40.7 Å². The van der Waals surface area contributed by atoms with Crippen LogP contribution in [0.25, 0.3) is 0 Å². The van der Waals surface area contributed by atoms with Gasteiger partial charge in [-0.3, -0.25) is 4.79 Å². The summed E-state index contributed by atoms with van der Waals surface area (Å²) in [6, 6.07) is 9.83. The summed E-state index contributed by atoms with van der Waals surface area (Å²) in [5.74, 6) is 0.699. The van der Waals surface area contributed by atoms with E-state index in [9.17, 15) is 4.79 Å². The first kappa shape index (κ1) is 23.3. The molecule has 0 aliphatic carbocycles. The second-order valence-electron chi connectivity index (χ2n) is 9.18. The van der Waals surface area contributed by atoms with E-state index in [0.29, 0.717) is 17.3 Å². The van der Waals surface area contributed by atoms with E-state index in [2.05, 4.69) is 47.2 Å². The molecule has 8 heteroatoms. The zero-order chi connectivity index (χ0) is 23.6. The quantitative estimate of drug-likeness (QED) is 0.679. The van der Waals surface area contributed by atoms with Gasteiger partial charge in [0.25, 0.3) is 5.91 Å². The number of hydrogen-bond acceptors (Lipinski definition) is 5. The molecule has 33 heavy (non-hydrogen) atoms. The highest BCUT2D eigenvalue weighted by atomic mass is 32.1. The molecule has 0 radical (unpaired) electrons. The molecule has 0 saturated carbocycles. The lowest BCUT2D eigenvalue weighted by Gasteiger charge is -2.40. The van der Waals surface area contributed by atoms with E-state index in [1.165, 1.54) is 18.2 Å². The molecule has 1 aromatic carbocycles. The van der Waals surface area contributed by atoms with Gasteiger partial charge in [0.05, 0.1) is 14.2 Å². The van der Waals surface area contributed by atoms with Crippen LogP contribution >= 0.6 is 12.2 Å². The fourth-order valence-corrected chi connectivity index (χ4v) is 5.28. The zero-order valence-corrected chi connectivity index (χ0v) is 20.6. The Bertz CT molecular complexity index is 1030. The fraction of sp³-hybridized carbons (Fsp3) is 0.480. The predicted molar refractivity (Wildman–Crippen MR) is 133 cm³/mol. The lowest BCUT2D eigenvalue weighted by atomic mass is 9.78. The molecule has 7 nitrogen and oxygen atoms in total. The van der Waals surface area contributed by atoms with Crippen molar-refractivity contribution in [3.8, 4) is 11.8 Å². The van der Waals surface area contributed by atoms with E-state index in [4.69, 9.17) is 21.7 Å². The van der Waals surface area contributed by atoms with Gasteiger partial charge in [0.1, 0.15) is 5.56 Å². The standard InChI is InChI=1S/C25H32N4O3S/c1-17-13-18(2)15-19(14-17)26-24(33)28-10-7-25(8-11-28)9-12-29(16-25)23(30)20-5-6-21(31-3)27-22(20)32-4/h5-6,13-15H,7-12,16H2,1-4H3,(H,26,33). The van der Waals surface area contributed by atoms with Crippen molar-refractivity contribution in [1.29, 1.82) is 0 Å². The molecule has 0 bridgehead atoms. The molecule has 4 rings (SSSR count). The largest absolute Gasteiger partial charge is 0.481 e. The SMILES string of the molecule is COc1ccc(C(=O)N2CCC3(CCN(C(=S)Nc4cc(C)cc(C)c4)CC3)C2)c(OC)n1. The average Bonchev–Trinajstić information content (AvgIpc) is 3.21. The molecule has 1 spiro atoms. The number of nitrogens with one attached hydrogen (secondary N) is 1. The third-order valence-corrected chi connectivity index (χ3v) is 7.14. The van der Waals surface area contributed by atoms with Gasteiger partial charge in [-0.15, -0.1) is 0 Å². The van der Waals surface area contributed by atoms with Crippen LogP contribution < -0.4 is 14.8 Å². The van der Waals surface area contributed by atoms with Gasteiger partial charge >= 0.3 is 0 Å². The van der Waals surface area contributed by atoms with Crippen molar-refractivity contribution >= 4 is 28.9 Å². The number of hydrogen-bond donors (Lipinski definition) is 1. The number of aromatic nitrogens is 1. The molecule has 1 amide bonds. The Balaban J connectivity index is 1.36. The molecular formula is C25H32N4O3S. The molecule has 2 aliphatic heterocycles. The number of piperidine rings is 1. The second-order valence-corrected chi connectivity index (χ2v) is 9.57. The van der Waals surface area contributed by atoms with Gasteiger partial charge in [-0.2, -0.15) is 4.98 Å². The van der Waals surface area contributed by atoms with Gasteiger partial charge in [-0.05, 0) is 80.1 Å². The molecule has 1 N–H and O–H groups in total. The van der Waals surface area contributed by atoms with Crippen LogP contribution in [0.15, 0.2) is 30.3 Å². The number of thiocarbonyl (C=S) groups is 1. The van der Waals surface area contributed by atoms with E-state index >= 15 is 0 Å². The fourth-order valence-electron chi connectivity index (χ4n) is 4.98. The Morgan fingerprint density at radius 1 is 1.00 bits per heavy atom. The smallest absolute Gasteiger partial charge is 0.259 e. The zero-order valence-electron chi connectivity index (χ0n) is 19.8. The minimum Gasteiger partial charge on any atom is -0.481 e. The Hall–Kier alpha value is -2.87. The number of carbonyl (C=O) groups excluding carboxylic acids is 1. The Kier molecular flexibility index (Phi) is 6.74. The summed E-state index contributed by atoms with van der Waals surface area (Å²) >= 11 is 5.70. The van der Waals surface area contributed by atoms with Crippen LogP contribution in [0.5, 0.6) is 11.8 Å². The molecule has 2 aliphatic rings. The van der Waals surface area contributed by atoms with Gasteiger partial charge in [0, 0.05) is 37.9 Å². The lowest BCUT2D eigenvalue weighted by molar-refractivity contribution is 0.0745. The Morgan fingerprint density at radius 3 is 2.24 bits per heavy atom. The van der Waals surface area contributed by atoms with Crippen molar-refractivity contribution in [2.75, 3.05) is 45.7 Å². The van der Waals surface area contributed by atoms with E-state index in [1.54, 1.807) is 19.2 Å². The summed E-state index contributed by atoms with van der Waals surface area (Å²) in [5.41, 5.74) is 4.10. The number of likely N-dealkylation sites (tertiary alicyclic amines) is 2. The highest BCUT2D eigenvalue weighted by molar-refractivity contribution is 7.80. The average molecular weight is 469 g/mol. The van der Waals surface area contributed by atoms with E-state index in [0.717, 1.165) is 56.2 Å². The van der Waals surface area contributed by atoms with Gasteiger partial charge in [0.15, 0.2) is 5.11 Å². The third-order valence-electron chi connectivity index (χ3n) is 6.78. The van der Waals surface area contributed by atoms with E-state index in [-0.39, 0.29) is 11.3 Å². The normalized spacial score (nSPS) is 17.2. The summed E-state index contributed by atoms with van der Waals surface area (Å²) in [7, 11) is 3.07. The van der Waals surface area contributed by atoms with Crippen molar-refractivity contribution in [2.24, 2.45) is 5.41 Å². The highest BCUT2D eigenvalue weighted by Crippen LogP contribution is 2.41. The number of carbonyl (C=O) groups is 1. The van der Waals surface area contributed by atoms with Crippen LogP contribution in [0, 0.1) is 19.3 Å². The molecular weight excluding hydrogens is 436 g/mol. The molecule has 2 aromatic rings. The number of rotatable bonds is 4. The number of amides is 1. The number of anilines is 1. The second kappa shape index (κ2) is 9.55. The Morgan fingerprint density at radius 2 is 1.64 bits per heavy atom. The predicted octanol–water partition coefficient (Wildman–Crippen LogP) is 4.04. The van der Waals surface area contributed by atoms with Crippen LogP contribution in [0.3, 0.4) is 0 Å². The third kappa shape index (κ3) is 5.05. The molecule has 0 atom stereocenters. The lowest BCUT2D eigenvalue weighted by Crippen LogP contribution is -2.46. The van der Waals surface area contributed by atoms with Crippen LogP contribution in [0.2, 0.25) is 0 Å². The summed E-state index contributed by atoms with van der Waals surface area (Å²) in [4.78, 5) is 21.7. The molecule has 3 heterocycles. The molecule has 0 unspecified atom stereocenters. The maximum absolute atomic E-state index is 13.2. The first-order valence-corrected chi connectivity index (χ1v) is 11.8. The van der Waals surface area contributed by atoms with Crippen LogP contribution in [-0.4, -0.2) is 66.2 Å². The van der Waals surface area contributed by atoms with Crippen molar-refractivity contribution in [3.63, 3.8) is 0 Å². The van der Waals surface area contributed by atoms with Crippen LogP contribution in [0.4, 0.5) is 5.69 Å². The summed E-state index contributed by atoms with van der Waals surface area (Å²) in [6.07, 6.45) is 3.04. The summed E-state index contributed by atoms with van der Waals surface area (Å²) in [6.45, 7) is 7.48. The number of aryl methyl sites for hydroxylation is 2. The number of ether oxygens (including phenoxy) is 2. The maximum Gasteiger partial charge on any atom is 0.259 e. The van der Waals surface area contributed by atoms with Gasteiger partial charge in [-0.1, -0.05) is 6.07 Å². The van der Waals surface area contributed by atoms with E-state index in [1.807, 2.05) is 4.90 Å². The maximum atomic E-state index is 13.2. The Labute approximate surface area is 201 Å². The highest BCUT2D eigenvalue weighted by Gasteiger charge is 2.43. The van der Waals surface area contributed by atoms with Crippen molar-refractivity contribution < 1.29 is 14.3 Å². The van der Waals surface area contributed by atoms with E-state index < -0.39 is 0 Å². The van der Waals surface area contributed by atoms with Gasteiger partial charge in [-0.25, -0.2) is 0 Å². The molecule has 176 valence electrons. The molecule has 2 fully saturated rings. The number of pyridine rings is 1. The monoisotopic (exact) mass is 468 g/mol. The topological polar surface area (TPSA) is 66.9 Å². The summed E-state index contributed by atoms with van der Waals surface area (Å²) < 4.78 is 10.5. The minimum atomic E-state index is -0.0340. The van der Waals surface area contributed by atoms with Crippen molar-refractivity contribution in [2.45, 2.75) is 33.1 Å². The first-order chi connectivity index (χ1) is 15.8. The van der Waals surface area contributed by atoms with Gasteiger partial charge < -0.3 is 24.6 Å². The van der Waals surface area contributed by atoms with Crippen molar-refractivity contribution in [3.05, 3.63) is 47.0 Å².